The lowest BCUT2D eigenvalue weighted by Gasteiger charge is -2.52. The third-order valence-electron chi connectivity index (χ3n) is 6.32. The van der Waals surface area contributed by atoms with Crippen LogP contribution in [0.5, 0.6) is 0 Å². The highest BCUT2D eigenvalue weighted by molar-refractivity contribution is 5.66. The minimum Gasteiger partial charge on any atom is -0.465 e. The molecule has 2 atom stereocenters. The van der Waals surface area contributed by atoms with Gasteiger partial charge in [-0.2, -0.15) is 0 Å². The van der Waals surface area contributed by atoms with E-state index in [0.717, 1.165) is 25.7 Å². The predicted molar refractivity (Wildman–Crippen MR) is 83.1 cm³/mol. The molecule has 6 heteroatoms. The zero-order valence-corrected chi connectivity index (χ0v) is 14.0. The Bertz CT molecular complexity index is 419. The van der Waals surface area contributed by atoms with Gasteiger partial charge < -0.3 is 20.0 Å². The highest BCUT2D eigenvalue weighted by atomic mass is 16.4. The number of hydrogen-bond donors (Lipinski definition) is 2. The largest absolute Gasteiger partial charge is 0.465 e. The SMILES string of the molecule is CC(C)(C1CCCN1C(=O)O)C(C)(C)C1CCCN1C(=O)O. The lowest BCUT2D eigenvalue weighted by atomic mass is 9.59. The number of amides is 2. The van der Waals surface area contributed by atoms with Crippen LogP contribution in [0.2, 0.25) is 0 Å². The number of carboxylic acid groups (broad SMARTS) is 2. The summed E-state index contributed by atoms with van der Waals surface area (Å²) in [6.45, 7) is 9.53. The van der Waals surface area contributed by atoms with E-state index >= 15 is 0 Å². The van der Waals surface area contributed by atoms with E-state index < -0.39 is 12.2 Å². The van der Waals surface area contributed by atoms with Crippen LogP contribution in [0.15, 0.2) is 0 Å². The van der Waals surface area contributed by atoms with Gasteiger partial charge in [-0.05, 0) is 36.5 Å². The third-order valence-corrected chi connectivity index (χ3v) is 6.32. The summed E-state index contributed by atoms with van der Waals surface area (Å²) in [4.78, 5) is 26.1. The van der Waals surface area contributed by atoms with Gasteiger partial charge in [0.15, 0.2) is 0 Å². The zero-order chi connectivity index (χ0) is 16.7. The number of rotatable bonds is 3. The minimum atomic E-state index is -0.868. The molecule has 126 valence electrons. The normalized spacial score (nSPS) is 26.5. The average molecular weight is 312 g/mol. The number of hydrogen-bond acceptors (Lipinski definition) is 2. The molecule has 2 amide bonds. The maximum atomic E-state index is 11.5. The van der Waals surface area contributed by atoms with Gasteiger partial charge in [-0.25, -0.2) is 9.59 Å². The molecule has 0 saturated carbocycles. The highest BCUT2D eigenvalue weighted by Crippen LogP contribution is 2.51. The first-order valence-corrected chi connectivity index (χ1v) is 8.10. The lowest BCUT2D eigenvalue weighted by Crippen LogP contribution is -2.57. The van der Waals surface area contributed by atoms with Gasteiger partial charge in [0.1, 0.15) is 0 Å². The van der Waals surface area contributed by atoms with Gasteiger partial charge in [0.2, 0.25) is 0 Å². The van der Waals surface area contributed by atoms with Crippen LogP contribution in [0, 0.1) is 10.8 Å². The summed E-state index contributed by atoms with van der Waals surface area (Å²) in [5.41, 5.74) is -0.602. The van der Waals surface area contributed by atoms with E-state index in [0.29, 0.717) is 13.1 Å². The van der Waals surface area contributed by atoms with Crippen molar-refractivity contribution in [2.24, 2.45) is 10.8 Å². The Kier molecular flexibility index (Phi) is 4.33. The second kappa shape index (κ2) is 5.63. The van der Waals surface area contributed by atoms with Crippen molar-refractivity contribution in [3.63, 3.8) is 0 Å². The highest BCUT2D eigenvalue weighted by Gasteiger charge is 2.54. The van der Waals surface area contributed by atoms with E-state index in [1.165, 1.54) is 0 Å². The molecule has 0 bridgehead atoms. The number of nitrogens with zero attached hydrogens (tertiary/aromatic N) is 2. The van der Waals surface area contributed by atoms with Crippen LogP contribution < -0.4 is 0 Å². The summed E-state index contributed by atoms with van der Waals surface area (Å²) in [6.07, 6.45) is 1.72. The average Bonchev–Trinajstić information content (AvgIpc) is 3.07. The van der Waals surface area contributed by atoms with Crippen molar-refractivity contribution >= 4 is 12.2 Å². The van der Waals surface area contributed by atoms with Crippen molar-refractivity contribution in [1.29, 1.82) is 0 Å². The number of likely N-dealkylation sites (tertiary alicyclic amines) is 2. The molecule has 0 aliphatic carbocycles. The molecule has 22 heavy (non-hydrogen) atoms. The van der Waals surface area contributed by atoms with Crippen molar-refractivity contribution in [3.8, 4) is 0 Å². The van der Waals surface area contributed by atoms with Crippen LogP contribution in [0.4, 0.5) is 9.59 Å². The molecule has 2 saturated heterocycles. The van der Waals surface area contributed by atoms with Crippen LogP contribution in [-0.4, -0.2) is 57.4 Å². The zero-order valence-electron chi connectivity index (χ0n) is 14.0. The molecule has 2 aliphatic heterocycles. The molecule has 2 fully saturated rings. The van der Waals surface area contributed by atoms with E-state index in [2.05, 4.69) is 27.7 Å². The lowest BCUT2D eigenvalue weighted by molar-refractivity contribution is -0.0292. The molecule has 2 rings (SSSR count). The molecule has 2 aliphatic rings. The van der Waals surface area contributed by atoms with Crippen LogP contribution in [0.3, 0.4) is 0 Å². The van der Waals surface area contributed by atoms with Crippen molar-refractivity contribution < 1.29 is 19.8 Å². The maximum Gasteiger partial charge on any atom is 0.407 e. The molecule has 2 unspecified atom stereocenters. The van der Waals surface area contributed by atoms with Gasteiger partial charge in [0.25, 0.3) is 0 Å². The van der Waals surface area contributed by atoms with Crippen molar-refractivity contribution in [2.75, 3.05) is 13.1 Å². The van der Waals surface area contributed by atoms with E-state index in [4.69, 9.17) is 0 Å². The summed E-state index contributed by atoms with van der Waals surface area (Å²) in [6, 6.07) is -0.118. The second-order valence-corrected chi connectivity index (χ2v) is 7.71. The summed E-state index contributed by atoms with van der Waals surface area (Å²) >= 11 is 0. The Morgan fingerprint density at radius 1 is 0.818 bits per heavy atom. The van der Waals surface area contributed by atoms with E-state index in [-0.39, 0.29) is 22.9 Å². The fraction of sp³-hybridized carbons (Fsp3) is 0.875. The van der Waals surface area contributed by atoms with Crippen LogP contribution in [-0.2, 0) is 0 Å². The van der Waals surface area contributed by atoms with Crippen molar-refractivity contribution in [1.82, 2.24) is 9.80 Å². The van der Waals surface area contributed by atoms with E-state index in [1.807, 2.05) is 0 Å². The summed E-state index contributed by atoms with van der Waals surface area (Å²) in [7, 11) is 0. The fourth-order valence-corrected chi connectivity index (χ4v) is 4.35. The Labute approximate surface area is 132 Å². The van der Waals surface area contributed by atoms with Crippen molar-refractivity contribution in [3.05, 3.63) is 0 Å². The third kappa shape index (κ3) is 2.52. The van der Waals surface area contributed by atoms with E-state index in [9.17, 15) is 19.8 Å². The van der Waals surface area contributed by atoms with Gasteiger partial charge in [0.05, 0.1) is 0 Å². The van der Waals surface area contributed by atoms with Gasteiger partial charge >= 0.3 is 12.2 Å². The Hall–Kier alpha value is -1.46. The quantitative estimate of drug-likeness (QED) is 0.837. The fourth-order valence-electron chi connectivity index (χ4n) is 4.35. The standard InChI is InChI=1S/C16H28N2O4/c1-15(2,11-7-5-9-17(11)13(19)20)16(3,4)12-8-6-10-18(12)14(21)22/h11-12H,5-10H2,1-4H3,(H,19,20)(H,21,22). The molecule has 0 aromatic heterocycles. The summed E-state index contributed by atoms with van der Waals surface area (Å²) in [5.74, 6) is 0. The van der Waals surface area contributed by atoms with Crippen LogP contribution in [0.25, 0.3) is 0 Å². The monoisotopic (exact) mass is 312 g/mol. The van der Waals surface area contributed by atoms with Crippen LogP contribution in [0.1, 0.15) is 53.4 Å². The summed E-state index contributed by atoms with van der Waals surface area (Å²) < 4.78 is 0. The van der Waals surface area contributed by atoms with E-state index in [1.54, 1.807) is 9.80 Å². The number of carbonyl (C=O) groups is 2. The van der Waals surface area contributed by atoms with Gasteiger partial charge in [-0.1, -0.05) is 27.7 Å². The molecule has 0 spiro atoms. The first kappa shape index (κ1) is 16.9. The van der Waals surface area contributed by atoms with Crippen LogP contribution >= 0.6 is 0 Å². The molecular formula is C16H28N2O4. The molecule has 6 nitrogen and oxygen atoms in total. The topological polar surface area (TPSA) is 81.1 Å². The van der Waals surface area contributed by atoms with Crippen molar-refractivity contribution in [2.45, 2.75) is 65.5 Å². The minimum absolute atomic E-state index is 0.0590. The molecule has 0 aromatic rings. The molecule has 0 aromatic carbocycles. The van der Waals surface area contributed by atoms with Gasteiger partial charge in [0, 0.05) is 25.2 Å². The van der Waals surface area contributed by atoms with Gasteiger partial charge in [-0.15, -0.1) is 0 Å². The summed E-state index contributed by atoms with van der Waals surface area (Å²) in [5, 5.41) is 18.9. The molecular weight excluding hydrogens is 284 g/mol. The smallest absolute Gasteiger partial charge is 0.407 e. The Morgan fingerprint density at radius 3 is 1.41 bits per heavy atom. The molecule has 2 heterocycles. The maximum absolute atomic E-state index is 11.5. The molecule has 2 N–H and O–H groups in total. The Morgan fingerprint density at radius 2 is 1.14 bits per heavy atom. The second-order valence-electron chi connectivity index (χ2n) is 7.71. The van der Waals surface area contributed by atoms with Gasteiger partial charge in [-0.3, -0.25) is 0 Å². The first-order valence-electron chi connectivity index (χ1n) is 8.10. The molecule has 0 radical (unpaired) electrons. The Balaban J connectivity index is 2.30. The first-order chi connectivity index (χ1) is 10.1. The predicted octanol–water partition coefficient (Wildman–Crippen LogP) is 3.32.